The van der Waals surface area contributed by atoms with E-state index in [1.54, 1.807) is 0 Å². The standard InChI is InChI=1S/C25H23N5/c1-27-20-13-11-18(12-14-20)15-30-24-10-6-5-9-23(24)28-25(30)29-16-21(22(26)17-29)19-7-3-2-4-8-19/h2-14,21-22H,15-17,26H2/t21-,22+/m0/s1. The van der Waals surface area contributed by atoms with Gasteiger partial charge in [0.2, 0.25) is 5.95 Å². The van der Waals surface area contributed by atoms with Gasteiger partial charge in [-0.05, 0) is 23.3 Å². The largest absolute Gasteiger partial charge is 0.340 e. The van der Waals surface area contributed by atoms with Crippen LogP contribution in [0.1, 0.15) is 17.0 Å². The van der Waals surface area contributed by atoms with Gasteiger partial charge in [-0.15, -0.1) is 0 Å². The van der Waals surface area contributed by atoms with Gasteiger partial charge in [-0.3, -0.25) is 0 Å². The second-order valence-electron chi connectivity index (χ2n) is 7.85. The van der Waals surface area contributed by atoms with Crippen LogP contribution in [-0.4, -0.2) is 28.7 Å². The fourth-order valence-corrected chi connectivity index (χ4v) is 4.36. The average molecular weight is 393 g/mol. The second-order valence-corrected chi connectivity index (χ2v) is 7.85. The molecule has 0 unspecified atom stereocenters. The van der Waals surface area contributed by atoms with Crippen LogP contribution in [0.15, 0.2) is 78.9 Å². The molecule has 0 radical (unpaired) electrons. The molecule has 1 saturated heterocycles. The van der Waals surface area contributed by atoms with E-state index < -0.39 is 0 Å². The van der Waals surface area contributed by atoms with Gasteiger partial charge >= 0.3 is 0 Å². The van der Waals surface area contributed by atoms with Crippen LogP contribution < -0.4 is 10.6 Å². The van der Waals surface area contributed by atoms with Crippen molar-refractivity contribution in [2.75, 3.05) is 18.0 Å². The SMILES string of the molecule is [C-]#[N+]c1ccc(Cn2c(N3C[C@@H](N)[C@H](c4ccccc4)C3)nc3ccccc32)cc1. The van der Waals surface area contributed by atoms with Crippen molar-refractivity contribution < 1.29 is 0 Å². The summed E-state index contributed by atoms with van der Waals surface area (Å²) in [5.74, 6) is 1.25. The molecule has 2 N–H and O–H groups in total. The first-order chi connectivity index (χ1) is 14.7. The molecule has 0 amide bonds. The number of anilines is 1. The molecule has 0 aliphatic carbocycles. The Labute approximate surface area is 176 Å². The van der Waals surface area contributed by atoms with Crippen molar-refractivity contribution in [3.05, 3.63) is 101 Å². The summed E-state index contributed by atoms with van der Waals surface area (Å²) in [6, 6.07) is 26.6. The third-order valence-electron chi connectivity index (χ3n) is 5.92. The molecule has 1 aliphatic rings. The normalized spacial score (nSPS) is 18.6. The molecular formula is C25H23N5. The van der Waals surface area contributed by atoms with E-state index >= 15 is 0 Å². The zero-order chi connectivity index (χ0) is 20.5. The summed E-state index contributed by atoms with van der Waals surface area (Å²) < 4.78 is 2.27. The van der Waals surface area contributed by atoms with Crippen LogP contribution in [0.5, 0.6) is 0 Å². The number of hydrogen-bond acceptors (Lipinski definition) is 3. The first-order valence-electron chi connectivity index (χ1n) is 10.2. The molecule has 4 aromatic rings. The summed E-state index contributed by atoms with van der Waals surface area (Å²) in [7, 11) is 0. The fraction of sp³-hybridized carbons (Fsp3) is 0.200. The lowest BCUT2D eigenvalue weighted by molar-refractivity contribution is 0.653. The first-order valence-corrected chi connectivity index (χ1v) is 10.2. The van der Waals surface area contributed by atoms with Crippen molar-refractivity contribution in [2.24, 2.45) is 5.73 Å². The van der Waals surface area contributed by atoms with Crippen LogP contribution >= 0.6 is 0 Å². The molecule has 5 heteroatoms. The summed E-state index contributed by atoms with van der Waals surface area (Å²) in [6.45, 7) is 9.50. The summed E-state index contributed by atoms with van der Waals surface area (Å²) in [5.41, 5.74) is 11.7. The molecule has 148 valence electrons. The molecule has 30 heavy (non-hydrogen) atoms. The highest BCUT2D eigenvalue weighted by Crippen LogP contribution is 2.32. The lowest BCUT2D eigenvalue weighted by atomic mass is 9.95. The third kappa shape index (κ3) is 3.32. The van der Waals surface area contributed by atoms with Gasteiger partial charge in [0.05, 0.1) is 24.2 Å². The van der Waals surface area contributed by atoms with Gasteiger partial charge in [0.15, 0.2) is 5.69 Å². The molecule has 0 bridgehead atoms. The van der Waals surface area contributed by atoms with E-state index in [1.807, 2.05) is 36.4 Å². The highest BCUT2D eigenvalue weighted by molar-refractivity contribution is 5.79. The molecule has 0 saturated carbocycles. The average Bonchev–Trinajstić information content (AvgIpc) is 3.35. The molecule has 0 spiro atoms. The van der Waals surface area contributed by atoms with Crippen molar-refractivity contribution in [1.29, 1.82) is 0 Å². The zero-order valence-electron chi connectivity index (χ0n) is 16.6. The summed E-state index contributed by atoms with van der Waals surface area (Å²) in [6.07, 6.45) is 0. The van der Waals surface area contributed by atoms with E-state index in [4.69, 9.17) is 17.3 Å². The lowest BCUT2D eigenvalue weighted by Gasteiger charge is -2.20. The van der Waals surface area contributed by atoms with Crippen LogP contribution in [0.3, 0.4) is 0 Å². The Morgan fingerprint density at radius 3 is 2.43 bits per heavy atom. The maximum Gasteiger partial charge on any atom is 0.206 e. The highest BCUT2D eigenvalue weighted by atomic mass is 15.3. The molecule has 2 atom stereocenters. The minimum Gasteiger partial charge on any atom is -0.340 e. The maximum atomic E-state index is 7.17. The number of fused-ring (bicyclic) bond motifs is 1. The van der Waals surface area contributed by atoms with Gasteiger partial charge in [0.1, 0.15) is 0 Å². The molecule has 3 aromatic carbocycles. The lowest BCUT2D eigenvalue weighted by Crippen LogP contribution is -2.29. The minimum atomic E-state index is 0.0682. The summed E-state index contributed by atoms with van der Waals surface area (Å²) in [5, 5.41) is 0. The monoisotopic (exact) mass is 393 g/mol. The van der Waals surface area contributed by atoms with Crippen molar-refractivity contribution >= 4 is 22.7 Å². The van der Waals surface area contributed by atoms with E-state index in [1.165, 1.54) is 5.56 Å². The predicted molar refractivity (Wildman–Crippen MR) is 121 cm³/mol. The number of benzene rings is 3. The van der Waals surface area contributed by atoms with Crippen molar-refractivity contribution in [2.45, 2.75) is 18.5 Å². The van der Waals surface area contributed by atoms with Gasteiger partial charge in [0.25, 0.3) is 0 Å². The van der Waals surface area contributed by atoms with E-state index in [0.717, 1.165) is 35.6 Å². The smallest absolute Gasteiger partial charge is 0.206 e. The molecule has 1 fully saturated rings. The minimum absolute atomic E-state index is 0.0682. The molecule has 5 rings (SSSR count). The van der Waals surface area contributed by atoms with Gasteiger partial charge in [-0.25, -0.2) is 9.83 Å². The van der Waals surface area contributed by atoms with Crippen molar-refractivity contribution in [3.8, 4) is 0 Å². The zero-order valence-corrected chi connectivity index (χ0v) is 16.6. The number of rotatable bonds is 4. The summed E-state index contributed by atoms with van der Waals surface area (Å²) >= 11 is 0. The van der Waals surface area contributed by atoms with Crippen LogP contribution in [0.2, 0.25) is 0 Å². The van der Waals surface area contributed by atoms with Crippen LogP contribution in [0.4, 0.5) is 11.6 Å². The summed E-state index contributed by atoms with van der Waals surface area (Å²) in [4.78, 5) is 10.8. The van der Waals surface area contributed by atoms with Crippen LogP contribution in [0.25, 0.3) is 15.9 Å². The van der Waals surface area contributed by atoms with Crippen molar-refractivity contribution in [3.63, 3.8) is 0 Å². The van der Waals surface area contributed by atoms with Gasteiger partial charge in [-0.2, -0.15) is 0 Å². The number of nitrogens with zero attached hydrogens (tertiary/aromatic N) is 4. The van der Waals surface area contributed by atoms with Crippen LogP contribution in [0, 0.1) is 6.57 Å². The number of nitrogens with two attached hydrogens (primary N) is 1. The Morgan fingerprint density at radius 1 is 0.933 bits per heavy atom. The molecule has 1 aliphatic heterocycles. The maximum absolute atomic E-state index is 7.17. The van der Waals surface area contributed by atoms with Crippen molar-refractivity contribution in [1.82, 2.24) is 9.55 Å². The predicted octanol–water partition coefficient (Wildman–Crippen LogP) is 4.57. The van der Waals surface area contributed by atoms with E-state index in [-0.39, 0.29) is 12.0 Å². The Morgan fingerprint density at radius 2 is 1.67 bits per heavy atom. The van der Waals surface area contributed by atoms with E-state index in [0.29, 0.717) is 12.2 Å². The molecule has 2 heterocycles. The number of hydrogen-bond donors (Lipinski definition) is 1. The third-order valence-corrected chi connectivity index (χ3v) is 5.92. The second kappa shape index (κ2) is 7.66. The van der Waals surface area contributed by atoms with E-state index in [2.05, 4.69) is 56.8 Å². The van der Waals surface area contributed by atoms with Gasteiger partial charge < -0.3 is 15.2 Å². The first kappa shape index (κ1) is 18.4. The Balaban J connectivity index is 1.51. The molecule has 5 nitrogen and oxygen atoms in total. The molecule has 1 aromatic heterocycles. The highest BCUT2D eigenvalue weighted by Gasteiger charge is 2.33. The van der Waals surface area contributed by atoms with Gasteiger partial charge in [0, 0.05) is 25.0 Å². The van der Waals surface area contributed by atoms with Crippen LogP contribution in [-0.2, 0) is 6.54 Å². The fourth-order valence-electron chi connectivity index (χ4n) is 4.36. The Kier molecular flexibility index (Phi) is 4.70. The Bertz CT molecular complexity index is 1200. The van der Waals surface area contributed by atoms with Gasteiger partial charge in [-0.1, -0.05) is 66.7 Å². The topological polar surface area (TPSA) is 51.4 Å². The number of para-hydroxylation sites is 2. The quantitative estimate of drug-likeness (QED) is 0.517. The van der Waals surface area contributed by atoms with E-state index in [9.17, 15) is 0 Å². The number of imidazole rings is 1. The molecular weight excluding hydrogens is 370 g/mol. The number of aromatic nitrogens is 2. The Hall–Kier alpha value is -3.62.